The van der Waals surface area contributed by atoms with Gasteiger partial charge in [0.05, 0.1) is 26.4 Å². The van der Waals surface area contributed by atoms with E-state index in [1.807, 2.05) is 0 Å². The van der Waals surface area contributed by atoms with Gasteiger partial charge in [0, 0.05) is 25.7 Å². The van der Waals surface area contributed by atoms with Crippen LogP contribution in [0.15, 0.2) is 0 Å². The summed E-state index contributed by atoms with van der Waals surface area (Å²) in [6, 6.07) is 0. The molecule has 0 aromatic carbocycles. The standard InChI is InChI=1S/C58H112O17P2/c1-8-9-10-22-32-39-55(60)68-45-53(74-58(63)42-35-28-21-15-18-25-31-38-51(6)7)47-72-76(64,65)70-43-52(59)44-71-77(66,67)73-48-54(75-57(62)41-34-27-20-14-12-17-24-30-37-50(4)5)46-69-56(61)40-33-26-19-13-11-16-23-29-36-49(2)3/h49-54,59H,8-48H2,1-7H3,(H,64,65)(H,66,67)/t52-,53+,54+/m0/s1. The van der Waals surface area contributed by atoms with Crippen LogP contribution in [-0.2, 0) is 65.4 Å². The summed E-state index contributed by atoms with van der Waals surface area (Å²) < 4.78 is 67.5. The number of phosphoric ester groups is 2. The monoisotopic (exact) mass is 1140 g/mol. The van der Waals surface area contributed by atoms with E-state index in [9.17, 15) is 43.2 Å². The van der Waals surface area contributed by atoms with E-state index in [2.05, 4.69) is 48.5 Å². The van der Waals surface area contributed by atoms with Gasteiger partial charge < -0.3 is 33.8 Å². The van der Waals surface area contributed by atoms with E-state index in [1.165, 1.54) is 77.0 Å². The summed E-state index contributed by atoms with van der Waals surface area (Å²) in [7, 11) is -9.87. The zero-order chi connectivity index (χ0) is 57.4. The molecule has 19 heteroatoms. The molecule has 0 heterocycles. The fraction of sp³-hybridized carbons (Fsp3) is 0.931. The molecule has 0 aromatic heterocycles. The lowest BCUT2D eigenvalue weighted by Gasteiger charge is -2.21. The molecule has 0 radical (unpaired) electrons. The van der Waals surface area contributed by atoms with Crippen molar-refractivity contribution in [2.24, 2.45) is 17.8 Å². The first-order valence-electron chi connectivity index (χ1n) is 30.3. The van der Waals surface area contributed by atoms with Gasteiger partial charge in [0.2, 0.25) is 0 Å². The van der Waals surface area contributed by atoms with Crippen LogP contribution in [0.2, 0.25) is 0 Å². The largest absolute Gasteiger partial charge is 0.472 e. The summed E-state index contributed by atoms with van der Waals surface area (Å²) in [5.74, 6) is -0.0179. The summed E-state index contributed by atoms with van der Waals surface area (Å²) in [5, 5.41) is 10.5. The summed E-state index contributed by atoms with van der Waals surface area (Å²) in [6.07, 6.45) is 28.5. The van der Waals surface area contributed by atoms with Crippen molar-refractivity contribution in [1.82, 2.24) is 0 Å². The third-order valence-electron chi connectivity index (χ3n) is 13.1. The highest BCUT2D eigenvalue weighted by molar-refractivity contribution is 7.47. The Labute approximate surface area is 467 Å². The Kier molecular flexibility index (Phi) is 48.6. The minimum atomic E-state index is -4.94. The summed E-state index contributed by atoms with van der Waals surface area (Å²) in [5.41, 5.74) is 0. The van der Waals surface area contributed by atoms with Crippen LogP contribution in [-0.4, -0.2) is 96.7 Å². The molecule has 0 aromatic rings. The van der Waals surface area contributed by atoms with Gasteiger partial charge in [-0.25, -0.2) is 9.13 Å². The number of phosphoric acid groups is 2. The molecule has 0 aliphatic carbocycles. The van der Waals surface area contributed by atoms with Crippen LogP contribution in [0.25, 0.3) is 0 Å². The number of aliphatic hydroxyl groups is 1. The van der Waals surface area contributed by atoms with Crippen molar-refractivity contribution in [2.45, 2.75) is 292 Å². The van der Waals surface area contributed by atoms with Gasteiger partial charge in [-0.05, 0) is 43.4 Å². The number of carbonyl (C=O) groups is 4. The van der Waals surface area contributed by atoms with Crippen LogP contribution in [0.5, 0.6) is 0 Å². The Morgan fingerprint density at radius 2 is 0.597 bits per heavy atom. The van der Waals surface area contributed by atoms with Gasteiger partial charge in [0.15, 0.2) is 12.2 Å². The number of hydrogen-bond acceptors (Lipinski definition) is 15. The molecule has 0 rings (SSSR count). The van der Waals surface area contributed by atoms with E-state index in [1.54, 1.807) is 0 Å². The molecule has 0 saturated heterocycles. The molecule has 17 nitrogen and oxygen atoms in total. The highest BCUT2D eigenvalue weighted by Gasteiger charge is 2.30. The van der Waals surface area contributed by atoms with Crippen LogP contribution in [0.4, 0.5) is 0 Å². The van der Waals surface area contributed by atoms with E-state index in [-0.39, 0.29) is 25.7 Å². The Morgan fingerprint density at radius 3 is 0.883 bits per heavy atom. The number of aliphatic hydroxyl groups excluding tert-OH is 1. The number of esters is 4. The lowest BCUT2D eigenvalue weighted by Crippen LogP contribution is -2.30. The van der Waals surface area contributed by atoms with Gasteiger partial charge in [0.1, 0.15) is 19.3 Å². The predicted molar refractivity (Wildman–Crippen MR) is 303 cm³/mol. The zero-order valence-corrected chi connectivity index (χ0v) is 51.2. The third kappa shape index (κ3) is 53.2. The molecule has 3 N–H and O–H groups in total. The van der Waals surface area contributed by atoms with Gasteiger partial charge in [-0.2, -0.15) is 0 Å². The molecule has 0 spiro atoms. The highest BCUT2D eigenvalue weighted by Crippen LogP contribution is 2.45. The molecule has 2 unspecified atom stereocenters. The second kappa shape index (κ2) is 49.8. The Morgan fingerprint density at radius 1 is 0.351 bits per heavy atom. The third-order valence-corrected chi connectivity index (χ3v) is 15.0. The van der Waals surface area contributed by atoms with Gasteiger partial charge >= 0.3 is 39.5 Å². The van der Waals surface area contributed by atoms with E-state index < -0.39 is 97.5 Å². The normalized spacial score (nSPS) is 14.6. The Hall–Kier alpha value is -1.94. The molecule has 0 saturated carbocycles. The number of carbonyl (C=O) groups excluding carboxylic acids is 4. The van der Waals surface area contributed by atoms with Crippen molar-refractivity contribution in [3.05, 3.63) is 0 Å². The molecule has 0 aliphatic heterocycles. The minimum absolute atomic E-state index is 0.102. The molecule has 456 valence electrons. The number of unbranched alkanes of at least 4 members (excludes halogenated alkanes) is 24. The average molecular weight is 1140 g/mol. The van der Waals surface area contributed by atoms with Crippen molar-refractivity contribution in [2.75, 3.05) is 39.6 Å². The lowest BCUT2D eigenvalue weighted by molar-refractivity contribution is -0.161. The zero-order valence-electron chi connectivity index (χ0n) is 49.4. The molecule has 0 fully saturated rings. The highest BCUT2D eigenvalue weighted by atomic mass is 31.2. The van der Waals surface area contributed by atoms with Crippen molar-refractivity contribution in [1.29, 1.82) is 0 Å². The fourth-order valence-electron chi connectivity index (χ4n) is 8.42. The van der Waals surface area contributed by atoms with Crippen molar-refractivity contribution < 1.29 is 80.2 Å². The summed E-state index contributed by atoms with van der Waals surface area (Å²) >= 11 is 0. The summed E-state index contributed by atoms with van der Waals surface area (Å²) in [4.78, 5) is 71.6. The molecule has 5 atom stereocenters. The van der Waals surface area contributed by atoms with Crippen LogP contribution in [0.1, 0.15) is 273 Å². The first-order chi connectivity index (χ1) is 36.7. The van der Waals surface area contributed by atoms with Gasteiger partial charge in [-0.3, -0.25) is 37.3 Å². The SMILES string of the molecule is CCCCCCCC(=O)OC[C@H](COP(=O)(O)OC[C@H](O)COP(=O)(O)OC[C@@H](COC(=O)CCCCCCCCCCC(C)C)OC(=O)CCCCCCCCCCC(C)C)OC(=O)CCCCCCCCCC(C)C. The average Bonchev–Trinajstić information content (AvgIpc) is 3.37. The molecule has 0 bridgehead atoms. The second-order valence-corrected chi connectivity index (χ2v) is 25.4. The fourth-order valence-corrected chi connectivity index (χ4v) is 10.00. The number of ether oxygens (including phenoxy) is 4. The molecular weight excluding hydrogens is 1030 g/mol. The maximum absolute atomic E-state index is 12.9. The Bertz CT molecular complexity index is 1550. The molecular formula is C58H112O17P2. The van der Waals surface area contributed by atoms with Gasteiger partial charge in [-0.1, -0.05) is 222 Å². The van der Waals surface area contributed by atoms with E-state index in [4.69, 9.17) is 37.0 Å². The van der Waals surface area contributed by atoms with Crippen LogP contribution in [0, 0.1) is 17.8 Å². The topological polar surface area (TPSA) is 237 Å². The van der Waals surface area contributed by atoms with E-state index in [0.717, 1.165) is 108 Å². The second-order valence-electron chi connectivity index (χ2n) is 22.5. The smallest absolute Gasteiger partial charge is 0.462 e. The summed E-state index contributed by atoms with van der Waals surface area (Å²) in [6.45, 7) is 11.5. The minimum Gasteiger partial charge on any atom is -0.462 e. The maximum Gasteiger partial charge on any atom is 0.472 e. The number of rotatable bonds is 56. The van der Waals surface area contributed by atoms with Crippen molar-refractivity contribution in [3.8, 4) is 0 Å². The maximum atomic E-state index is 12.9. The van der Waals surface area contributed by atoms with Crippen LogP contribution >= 0.6 is 15.6 Å². The van der Waals surface area contributed by atoms with Gasteiger partial charge in [-0.15, -0.1) is 0 Å². The van der Waals surface area contributed by atoms with Crippen LogP contribution < -0.4 is 0 Å². The van der Waals surface area contributed by atoms with E-state index in [0.29, 0.717) is 31.6 Å². The van der Waals surface area contributed by atoms with Crippen molar-refractivity contribution in [3.63, 3.8) is 0 Å². The quantitative estimate of drug-likeness (QED) is 0.0222. The Balaban J connectivity index is 5.20. The predicted octanol–water partition coefficient (Wildman–Crippen LogP) is 15.2. The number of hydrogen-bond donors (Lipinski definition) is 3. The first kappa shape index (κ1) is 75.1. The van der Waals surface area contributed by atoms with Gasteiger partial charge in [0.25, 0.3) is 0 Å². The molecule has 0 amide bonds. The molecule has 77 heavy (non-hydrogen) atoms. The molecule has 0 aliphatic rings. The van der Waals surface area contributed by atoms with E-state index >= 15 is 0 Å². The van der Waals surface area contributed by atoms with Crippen LogP contribution in [0.3, 0.4) is 0 Å². The lowest BCUT2D eigenvalue weighted by atomic mass is 10.0. The van der Waals surface area contributed by atoms with Crippen molar-refractivity contribution >= 4 is 39.5 Å². The first-order valence-corrected chi connectivity index (χ1v) is 33.3.